The van der Waals surface area contributed by atoms with Crippen LogP contribution >= 0.6 is 0 Å². The van der Waals surface area contributed by atoms with Crippen LogP contribution in [0.2, 0.25) is 0 Å². The molecule has 1 atom stereocenters. The van der Waals surface area contributed by atoms with Gasteiger partial charge in [0.1, 0.15) is 5.75 Å². The fraction of sp³-hybridized carbons (Fsp3) is 0.533. The first-order valence-corrected chi connectivity index (χ1v) is 8.88. The molecule has 0 unspecified atom stereocenters. The van der Waals surface area contributed by atoms with E-state index in [-0.39, 0.29) is 30.0 Å². The van der Waals surface area contributed by atoms with E-state index in [9.17, 15) is 13.2 Å². The zero-order valence-corrected chi connectivity index (χ0v) is 14.5. The molecule has 0 aromatic heterocycles. The summed E-state index contributed by atoms with van der Waals surface area (Å²) in [5.74, 6) is 0.220. The lowest BCUT2D eigenvalue weighted by Gasteiger charge is -2.12. The minimum absolute atomic E-state index is 0.0943. The van der Waals surface area contributed by atoms with Crippen LogP contribution in [0, 0.1) is 0 Å². The van der Waals surface area contributed by atoms with Crippen molar-refractivity contribution in [1.82, 2.24) is 10.0 Å². The molecular weight excluding hydrogens is 320 g/mol. The number of hydrogen-bond donors (Lipinski definition) is 2. The van der Waals surface area contributed by atoms with Gasteiger partial charge in [-0.05, 0) is 37.6 Å². The van der Waals surface area contributed by atoms with E-state index in [0.717, 1.165) is 6.42 Å². The first-order valence-electron chi connectivity index (χ1n) is 7.40. The van der Waals surface area contributed by atoms with E-state index in [1.165, 1.54) is 31.4 Å². The number of hydrogen-bond acceptors (Lipinski definition) is 5. The maximum Gasteiger partial charge on any atom is 0.258 e. The summed E-state index contributed by atoms with van der Waals surface area (Å²) in [5.41, 5.74) is 0. The lowest BCUT2D eigenvalue weighted by atomic mass is 10.2. The second-order valence-corrected chi connectivity index (χ2v) is 6.79. The number of amides is 1. The second kappa shape index (κ2) is 9.49. The summed E-state index contributed by atoms with van der Waals surface area (Å²) in [6.45, 7) is 4.28. The highest BCUT2D eigenvalue weighted by molar-refractivity contribution is 7.89. The maximum absolute atomic E-state index is 12.0. The third kappa shape index (κ3) is 6.98. The van der Waals surface area contributed by atoms with Crippen molar-refractivity contribution in [2.45, 2.75) is 31.2 Å². The summed E-state index contributed by atoms with van der Waals surface area (Å²) in [6, 6.07) is 5.98. The molecule has 1 aromatic carbocycles. The molecule has 1 aromatic rings. The van der Waals surface area contributed by atoms with E-state index in [0.29, 0.717) is 12.4 Å². The third-order valence-corrected chi connectivity index (χ3v) is 4.60. The van der Waals surface area contributed by atoms with Crippen molar-refractivity contribution in [3.8, 4) is 5.75 Å². The van der Waals surface area contributed by atoms with Crippen molar-refractivity contribution in [3.63, 3.8) is 0 Å². The monoisotopic (exact) mass is 344 g/mol. The Hall–Kier alpha value is -1.64. The minimum atomic E-state index is -3.56. The summed E-state index contributed by atoms with van der Waals surface area (Å²) >= 11 is 0. The Bertz CT molecular complexity index is 586. The lowest BCUT2D eigenvalue weighted by Crippen LogP contribution is -2.35. The Kier molecular flexibility index (Phi) is 8.01. The molecule has 0 heterocycles. The maximum atomic E-state index is 12.0. The van der Waals surface area contributed by atoms with Gasteiger partial charge < -0.3 is 14.8 Å². The standard InChI is InChI=1S/C15H24N2O5S/c1-4-12(2)17-15(18)11-22-13-5-7-14(8-6-13)23(19,20)16-9-10-21-3/h5-8,12,16H,4,9-11H2,1-3H3,(H,17,18)/t12-/m0/s1. The van der Waals surface area contributed by atoms with Crippen LogP contribution in [-0.2, 0) is 19.6 Å². The van der Waals surface area contributed by atoms with E-state index in [4.69, 9.17) is 9.47 Å². The molecule has 0 spiro atoms. The quantitative estimate of drug-likeness (QED) is 0.615. The van der Waals surface area contributed by atoms with E-state index in [1.807, 2.05) is 13.8 Å². The molecule has 0 radical (unpaired) electrons. The normalized spacial score (nSPS) is 12.7. The van der Waals surface area contributed by atoms with E-state index < -0.39 is 10.0 Å². The van der Waals surface area contributed by atoms with Crippen LogP contribution in [0.25, 0.3) is 0 Å². The van der Waals surface area contributed by atoms with Gasteiger partial charge in [0.05, 0.1) is 11.5 Å². The predicted octanol–water partition coefficient (Wildman–Crippen LogP) is 0.905. The molecule has 1 rings (SSSR count). The smallest absolute Gasteiger partial charge is 0.258 e. The Morgan fingerprint density at radius 2 is 1.91 bits per heavy atom. The Morgan fingerprint density at radius 1 is 1.26 bits per heavy atom. The van der Waals surface area contributed by atoms with Crippen LogP contribution < -0.4 is 14.8 Å². The van der Waals surface area contributed by atoms with Crippen molar-refractivity contribution in [3.05, 3.63) is 24.3 Å². The van der Waals surface area contributed by atoms with Crippen molar-refractivity contribution >= 4 is 15.9 Å². The number of benzene rings is 1. The number of nitrogens with one attached hydrogen (secondary N) is 2. The Labute approximate surface area is 137 Å². The van der Waals surface area contributed by atoms with Gasteiger partial charge in [0.2, 0.25) is 10.0 Å². The van der Waals surface area contributed by atoms with Crippen LogP contribution in [0.4, 0.5) is 0 Å². The van der Waals surface area contributed by atoms with Gasteiger partial charge in [0, 0.05) is 19.7 Å². The summed E-state index contributed by atoms with van der Waals surface area (Å²) in [7, 11) is -2.07. The molecule has 130 valence electrons. The second-order valence-electron chi connectivity index (χ2n) is 5.03. The number of carbonyl (C=O) groups excluding carboxylic acids is 1. The van der Waals surface area contributed by atoms with E-state index >= 15 is 0 Å². The van der Waals surface area contributed by atoms with E-state index in [1.54, 1.807) is 0 Å². The van der Waals surface area contributed by atoms with Crippen molar-refractivity contribution in [2.75, 3.05) is 26.9 Å². The third-order valence-electron chi connectivity index (χ3n) is 3.12. The summed E-state index contributed by atoms with van der Waals surface area (Å²) in [5, 5.41) is 2.78. The molecule has 8 heteroatoms. The van der Waals surface area contributed by atoms with Crippen LogP contribution in [0.5, 0.6) is 5.75 Å². The average Bonchev–Trinajstić information content (AvgIpc) is 2.53. The van der Waals surface area contributed by atoms with Crippen molar-refractivity contribution in [2.24, 2.45) is 0 Å². The first kappa shape index (κ1) is 19.4. The van der Waals surface area contributed by atoms with Gasteiger partial charge >= 0.3 is 0 Å². The number of rotatable bonds is 10. The first-order chi connectivity index (χ1) is 10.9. The van der Waals surface area contributed by atoms with Crippen LogP contribution in [0.3, 0.4) is 0 Å². The highest BCUT2D eigenvalue weighted by Crippen LogP contribution is 2.15. The fourth-order valence-corrected chi connectivity index (χ4v) is 2.66. The lowest BCUT2D eigenvalue weighted by molar-refractivity contribution is -0.123. The number of ether oxygens (including phenoxy) is 2. The predicted molar refractivity (Wildman–Crippen MR) is 86.9 cm³/mol. The zero-order valence-electron chi connectivity index (χ0n) is 13.7. The molecule has 2 N–H and O–H groups in total. The Balaban J connectivity index is 2.54. The summed E-state index contributed by atoms with van der Waals surface area (Å²) < 4.78 is 36.5. The van der Waals surface area contributed by atoms with Gasteiger partial charge in [0.25, 0.3) is 5.91 Å². The van der Waals surface area contributed by atoms with Gasteiger partial charge in [-0.25, -0.2) is 13.1 Å². The topological polar surface area (TPSA) is 93.7 Å². The van der Waals surface area contributed by atoms with E-state index in [2.05, 4.69) is 10.0 Å². The minimum Gasteiger partial charge on any atom is -0.484 e. The van der Waals surface area contributed by atoms with Crippen LogP contribution in [-0.4, -0.2) is 47.2 Å². The SMILES string of the molecule is CC[C@H](C)NC(=O)COc1ccc(S(=O)(=O)NCCOC)cc1. The Morgan fingerprint density at radius 3 is 2.48 bits per heavy atom. The van der Waals surface area contributed by atoms with Gasteiger partial charge in [-0.1, -0.05) is 6.92 Å². The molecule has 23 heavy (non-hydrogen) atoms. The molecule has 0 saturated heterocycles. The highest BCUT2D eigenvalue weighted by Gasteiger charge is 2.13. The molecular formula is C15H24N2O5S. The zero-order chi connectivity index (χ0) is 17.3. The van der Waals surface area contributed by atoms with Gasteiger partial charge in [-0.3, -0.25) is 4.79 Å². The largest absolute Gasteiger partial charge is 0.484 e. The van der Waals surface area contributed by atoms with Crippen LogP contribution in [0.1, 0.15) is 20.3 Å². The van der Waals surface area contributed by atoms with Crippen molar-refractivity contribution in [1.29, 1.82) is 0 Å². The van der Waals surface area contributed by atoms with Crippen LogP contribution in [0.15, 0.2) is 29.2 Å². The molecule has 7 nitrogen and oxygen atoms in total. The summed E-state index contributed by atoms with van der Waals surface area (Å²) in [6.07, 6.45) is 0.842. The van der Waals surface area contributed by atoms with Gasteiger partial charge in [0.15, 0.2) is 6.61 Å². The molecule has 0 bridgehead atoms. The number of sulfonamides is 1. The molecule has 0 saturated carbocycles. The molecule has 0 aliphatic heterocycles. The summed E-state index contributed by atoms with van der Waals surface area (Å²) in [4.78, 5) is 11.7. The number of methoxy groups -OCH3 is 1. The number of carbonyl (C=O) groups is 1. The van der Waals surface area contributed by atoms with Gasteiger partial charge in [-0.2, -0.15) is 0 Å². The fourth-order valence-electron chi connectivity index (χ4n) is 1.64. The van der Waals surface area contributed by atoms with Gasteiger partial charge in [-0.15, -0.1) is 0 Å². The van der Waals surface area contributed by atoms with Crippen molar-refractivity contribution < 1.29 is 22.7 Å². The average molecular weight is 344 g/mol. The molecule has 1 amide bonds. The molecule has 0 aliphatic carbocycles. The molecule has 0 fully saturated rings. The highest BCUT2D eigenvalue weighted by atomic mass is 32.2. The molecule has 0 aliphatic rings.